The highest BCUT2D eigenvalue weighted by molar-refractivity contribution is 5.76. The summed E-state index contributed by atoms with van der Waals surface area (Å²) < 4.78 is 0. The molecule has 1 rings (SSSR count). The van der Waals surface area contributed by atoms with E-state index in [1.807, 2.05) is 0 Å². The number of rotatable bonds is 53. The molecule has 1 N–H and O–H groups in total. The van der Waals surface area contributed by atoms with Crippen molar-refractivity contribution < 1.29 is 14.7 Å². The number of nitrogens with zero attached hydrogens (tertiary/aromatic N) is 3. The Labute approximate surface area is 433 Å². The Morgan fingerprint density at radius 2 is 0.565 bits per heavy atom. The highest BCUT2D eigenvalue weighted by atomic mass is 16.3. The fraction of sp³-hybridized carbons (Fsp3) is 0.968. The molecule has 0 spiro atoms. The minimum Gasteiger partial charge on any atom is -0.391 e. The van der Waals surface area contributed by atoms with Crippen molar-refractivity contribution in [2.45, 2.75) is 354 Å². The van der Waals surface area contributed by atoms with Crippen molar-refractivity contribution in [2.24, 2.45) is 0 Å². The van der Waals surface area contributed by atoms with Crippen LogP contribution in [-0.2, 0) is 9.59 Å². The van der Waals surface area contributed by atoms with Crippen LogP contribution in [0.3, 0.4) is 0 Å². The molecule has 0 aliphatic heterocycles. The fourth-order valence-electron chi connectivity index (χ4n) is 11.2. The predicted octanol–water partition coefficient (Wildman–Crippen LogP) is 18.9. The molecule has 0 aromatic carbocycles. The van der Waals surface area contributed by atoms with Crippen molar-refractivity contribution in [1.29, 1.82) is 0 Å². The van der Waals surface area contributed by atoms with E-state index in [0.717, 1.165) is 97.1 Å². The van der Waals surface area contributed by atoms with E-state index in [2.05, 4.69) is 42.4 Å². The number of aliphatic hydroxyl groups is 1. The van der Waals surface area contributed by atoms with Crippen LogP contribution in [0.1, 0.15) is 342 Å². The molecule has 2 amide bonds. The van der Waals surface area contributed by atoms with Gasteiger partial charge in [-0.3, -0.25) is 14.5 Å². The maximum Gasteiger partial charge on any atom is 0.222 e. The zero-order chi connectivity index (χ0) is 49.9. The number of hydrogen-bond donors (Lipinski definition) is 1. The van der Waals surface area contributed by atoms with Gasteiger partial charge in [0, 0.05) is 45.1 Å². The molecule has 1 aliphatic rings. The van der Waals surface area contributed by atoms with Crippen LogP contribution in [0.15, 0.2) is 0 Å². The normalized spacial score (nSPS) is 15.3. The molecule has 2 atom stereocenters. The predicted molar refractivity (Wildman–Crippen MR) is 303 cm³/mol. The van der Waals surface area contributed by atoms with Crippen LogP contribution in [-0.4, -0.2) is 83.0 Å². The topological polar surface area (TPSA) is 64.1 Å². The first kappa shape index (κ1) is 65.9. The number of carbonyl (C=O) groups is 2. The summed E-state index contributed by atoms with van der Waals surface area (Å²) in [5.74, 6) is 0.817. The van der Waals surface area contributed by atoms with Crippen molar-refractivity contribution >= 4 is 11.8 Å². The zero-order valence-corrected chi connectivity index (χ0v) is 47.7. The Morgan fingerprint density at radius 1 is 0.319 bits per heavy atom. The minimum absolute atomic E-state index is 0.191. The van der Waals surface area contributed by atoms with Crippen molar-refractivity contribution in [3.05, 3.63) is 0 Å². The third-order valence-corrected chi connectivity index (χ3v) is 15.9. The van der Waals surface area contributed by atoms with E-state index in [1.54, 1.807) is 0 Å². The molecular weight excluding hydrogens is 847 g/mol. The highest BCUT2D eigenvalue weighted by Crippen LogP contribution is 2.25. The SMILES string of the molecule is CCCCCCCCCCN(CCCCCCCCCC)C(=O)CCCCCCCN(CCCCCCCC(=O)N(CCCCCCCCCC)CCCCCCCCCC)C1CCCCCC1O. The van der Waals surface area contributed by atoms with Gasteiger partial charge in [0.05, 0.1) is 6.10 Å². The third-order valence-electron chi connectivity index (χ3n) is 15.9. The molecule has 1 saturated carbocycles. The largest absolute Gasteiger partial charge is 0.391 e. The van der Waals surface area contributed by atoms with E-state index in [-0.39, 0.29) is 6.10 Å². The van der Waals surface area contributed by atoms with Crippen LogP contribution in [0.25, 0.3) is 0 Å². The van der Waals surface area contributed by atoms with E-state index in [4.69, 9.17) is 0 Å². The lowest BCUT2D eigenvalue weighted by Crippen LogP contribution is -2.44. The first-order valence-corrected chi connectivity index (χ1v) is 32.0. The molecule has 69 heavy (non-hydrogen) atoms. The monoisotopic (exact) mass is 972 g/mol. The van der Waals surface area contributed by atoms with E-state index in [0.29, 0.717) is 17.9 Å². The quantitative estimate of drug-likeness (QED) is 0.0487. The standard InChI is InChI=1S/C63H125N3O3/c1-5-9-13-17-21-25-33-46-56-65(57-47-34-26-22-18-14-10-6-2)62(68)52-42-31-29-37-44-54-64(60-50-40-39-41-51-61(60)67)55-45-38-30-32-43-53-63(69)66(58-48-35-27-23-19-15-11-7-3)59-49-36-28-24-20-16-12-8-4/h60-61,67H,5-59H2,1-4H3. The molecular formula is C63H125N3O3. The maximum absolute atomic E-state index is 13.5. The second-order valence-corrected chi connectivity index (χ2v) is 22.5. The summed E-state index contributed by atoms with van der Waals surface area (Å²) in [6.45, 7) is 15.2. The number of amides is 2. The number of hydrogen-bond acceptors (Lipinski definition) is 4. The molecule has 1 aliphatic carbocycles. The third kappa shape index (κ3) is 41.0. The average Bonchev–Trinajstić information content (AvgIpc) is 3.58. The summed E-state index contributed by atoms with van der Waals surface area (Å²) in [4.78, 5) is 34.2. The van der Waals surface area contributed by atoms with Gasteiger partial charge in [-0.2, -0.15) is 0 Å². The Morgan fingerprint density at radius 3 is 0.870 bits per heavy atom. The lowest BCUT2D eigenvalue weighted by molar-refractivity contribution is -0.132. The lowest BCUT2D eigenvalue weighted by atomic mass is 10.0. The van der Waals surface area contributed by atoms with Gasteiger partial charge < -0.3 is 14.9 Å². The van der Waals surface area contributed by atoms with Crippen LogP contribution in [0.4, 0.5) is 0 Å². The van der Waals surface area contributed by atoms with Gasteiger partial charge in [-0.15, -0.1) is 0 Å². The second kappa shape index (κ2) is 51.7. The number of aliphatic hydroxyl groups excluding tert-OH is 1. The van der Waals surface area contributed by atoms with E-state index >= 15 is 0 Å². The van der Waals surface area contributed by atoms with Crippen LogP contribution in [0, 0.1) is 0 Å². The van der Waals surface area contributed by atoms with Gasteiger partial charge >= 0.3 is 0 Å². The van der Waals surface area contributed by atoms with E-state index in [9.17, 15) is 14.7 Å². The zero-order valence-electron chi connectivity index (χ0n) is 47.7. The van der Waals surface area contributed by atoms with Crippen LogP contribution in [0.5, 0.6) is 0 Å². The van der Waals surface area contributed by atoms with Gasteiger partial charge in [-0.25, -0.2) is 0 Å². The summed E-state index contributed by atoms with van der Waals surface area (Å²) >= 11 is 0. The van der Waals surface area contributed by atoms with Crippen LogP contribution >= 0.6 is 0 Å². The maximum atomic E-state index is 13.5. The molecule has 2 unspecified atom stereocenters. The average molecular weight is 973 g/mol. The van der Waals surface area contributed by atoms with Crippen molar-refractivity contribution in [1.82, 2.24) is 14.7 Å². The molecule has 0 aromatic rings. The van der Waals surface area contributed by atoms with Crippen LogP contribution < -0.4 is 0 Å². The Hall–Kier alpha value is -1.14. The highest BCUT2D eigenvalue weighted by Gasteiger charge is 2.27. The second-order valence-electron chi connectivity index (χ2n) is 22.5. The summed E-state index contributed by atoms with van der Waals surface area (Å²) in [6.07, 6.45) is 60.8. The molecule has 0 saturated heterocycles. The molecule has 0 radical (unpaired) electrons. The van der Waals surface area contributed by atoms with Crippen molar-refractivity contribution in [3.63, 3.8) is 0 Å². The first-order chi connectivity index (χ1) is 34.0. The van der Waals surface area contributed by atoms with Crippen molar-refractivity contribution in [2.75, 3.05) is 39.3 Å². The van der Waals surface area contributed by atoms with E-state index < -0.39 is 0 Å². The molecule has 0 aromatic heterocycles. The summed E-state index contributed by atoms with van der Waals surface area (Å²) in [5, 5.41) is 11.2. The molecule has 0 heterocycles. The van der Waals surface area contributed by atoms with Gasteiger partial charge in [0.1, 0.15) is 0 Å². The molecule has 410 valence electrons. The molecule has 1 fully saturated rings. The van der Waals surface area contributed by atoms with Gasteiger partial charge in [-0.1, -0.05) is 265 Å². The summed E-state index contributed by atoms with van der Waals surface area (Å²) in [5.41, 5.74) is 0. The minimum atomic E-state index is -0.191. The fourth-order valence-corrected chi connectivity index (χ4v) is 11.2. The smallest absolute Gasteiger partial charge is 0.222 e. The first-order valence-electron chi connectivity index (χ1n) is 32.0. The van der Waals surface area contributed by atoms with Gasteiger partial charge in [-0.05, 0) is 77.3 Å². The molecule has 6 nitrogen and oxygen atoms in total. The Balaban J connectivity index is 2.49. The lowest BCUT2D eigenvalue weighted by Gasteiger charge is -2.34. The van der Waals surface area contributed by atoms with Crippen LogP contribution in [0.2, 0.25) is 0 Å². The Bertz CT molecular complexity index is 960. The number of carbonyl (C=O) groups excluding carboxylic acids is 2. The number of unbranched alkanes of at least 4 members (excludes halogenated alkanes) is 36. The van der Waals surface area contributed by atoms with E-state index in [1.165, 1.54) is 257 Å². The van der Waals surface area contributed by atoms with Gasteiger partial charge in [0.15, 0.2) is 0 Å². The molecule has 6 heteroatoms. The summed E-state index contributed by atoms with van der Waals surface area (Å²) in [6, 6.07) is 0.309. The summed E-state index contributed by atoms with van der Waals surface area (Å²) in [7, 11) is 0. The molecule has 0 bridgehead atoms. The van der Waals surface area contributed by atoms with Gasteiger partial charge in [0.2, 0.25) is 11.8 Å². The van der Waals surface area contributed by atoms with Crippen molar-refractivity contribution in [3.8, 4) is 0 Å². The Kier molecular flexibility index (Phi) is 49.4. The van der Waals surface area contributed by atoms with Gasteiger partial charge in [0.25, 0.3) is 0 Å².